The van der Waals surface area contributed by atoms with Gasteiger partial charge >= 0.3 is 5.97 Å². The Kier molecular flexibility index (Phi) is 8.51. The Bertz CT molecular complexity index is 1360. The number of benzene rings is 3. The third kappa shape index (κ3) is 6.00. The summed E-state index contributed by atoms with van der Waals surface area (Å²) in [5, 5.41) is 14.2. The molecule has 0 aliphatic heterocycles. The first-order valence-corrected chi connectivity index (χ1v) is 12.6. The van der Waals surface area contributed by atoms with Crippen molar-refractivity contribution in [2.24, 2.45) is 0 Å². The first-order chi connectivity index (χ1) is 17.4. The fourth-order valence-electron chi connectivity index (χ4n) is 3.95. The second-order valence-electron chi connectivity index (χ2n) is 8.16. The molecule has 0 aliphatic carbocycles. The average molecular weight is 576 g/mol. The van der Waals surface area contributed by atoms with Crippen LogP contribution in [-0.2, 0) is 24.4 Å². The highest BCUT2D eigenvalue weighted by Crippen LogP contribution is 2.38. The van der Waals surface area contributed by atoms with E-state index in [0.29, 0.717) is 29.0 Å². The van der Waals surface area contributed by atoms with E-state index in [0.717, 1.165) is 22.0 Å². The van der Waals surface area contributed by atoms with Crippen molar-refractivity contribution in [1.82, 2.24) is 10.3 Å². The maximum atomic E-state index is 14.2. The summed E-state index contributed by atoms with van der Waals surface area (Å²) >= 11 is 9.63. The molecule has 1 heterocycles. The number of para-hydroxylation sites is 1. The molecule has 1 atom stereocenters. The van der Waals surface area contributed by atoms with Crippen LogP contribution in [-0.4, -0.2) is 28.7 Å². The van der Waals surface area contributed by atoms with Crippen LogP contribution in [0.3, 0.4) is 0 Å². The van der Waals surface area contributed by atoms with Gasteiger partial charge in [-0.05, 0) is 64.3 Å². The Morgan fingerprint density at radius 1 is 1.19 bits per heavy atom. The summed E-state index contributed by atoms with van der Waals surface area (Å²) < 4.78 is 26.4. The zero-order valence-electron chi connectivity index (χ0n) is 19.5. The summed E-state index contributed by atoms with van der Waals surface area (Å²) in [7, 11) is 0. The lowest BCUT2D eigenvalue weighted by Gasteiger charge is -2.18. The fraction of sp³-hybridized carbons (Fsp3) is 0.222. The van der Waals surface area contributed by atoms with E-state index in [1.807, 2.05) is 43.5 Å². The summed E-state index contributed by atoms with van der Waals surface area (Å²) in [5.74, 6) is -0.522. The van der Waals surface area contributed by atoms with E-state index < -0.39 is 17.8 Å². The zero-order valence-corrected chi connectivity index (χ0v) is 21.8. The largest absolute Gasteiger partial charge is 0.490 e. The summed E-state index contributed by atoms with van der Waals surface area (Å²) in [6.07, 6.45) is 2.17. The minimum atomic E-state index is -0.939. The van der Waals surface area contributed by atoms with E-state index in [-0.39, 0.29) is 23.7 Å². The molecule has 3 aromatic carbocycles. The number of hydrogen-bond donors (Lipinski definition) is 3. The smallest absolute Gasteiger partial charge is 0.321 e. The fourth-order valence-corrected chi connectivity index (χ4v) is 4.77. The number of carboxylic acid groups (broad SMARTS) is 1. The summed E-state index contributed by atoms with van der Waals surface area (Å²) in [6.45, 7) is 2.45. The molecule has 0 amide bonds. The van der Waals surface area contributed by atoms with Crippen LogP contribution in [0.1, 0.15) is 23.6 Å². The van der Waals surface area contributed by atoms with Gasteiger partial charge in [0.2, 0.25) is 0 Å². The van der Waals surface area contributed by atoms with Crippen molar-refractivity contribution in [2.45, 2.75) is 32.5 Å². The van der Waals surface area contributed by atoms with Crippen molar-refractivity contribution in [3.8, 4) is 11.5 Å². The number of carbonyl (C=O) groups is 1. The second-order valence-corrected chi connectivity index (χ2v) is 9.42. The minimum absolute atomic E-state index is 0.0759. The molecule has 4 aromatic rings. The number of ether oxygens (including phenoxy) is 2. The normalized spacial score (nSPS) is 12.0. The lowest BCUT2D eigenvalue weighted by atomic mass is 10.0. The number of hydrogen-bond acceptors (Lipinski definition) is 4. The van der Waals surface area contributed by atoms with Crippen LogP contribution in [0.15, 0.2) is 65.3 Å². The number of fused-ring (bicyclic) bond motifs is 1. The van der Waals surface area contributed by atoms with Crippen LogP contribution in [0, 0.1) is 5.82 Å². The van der Waals surface area contributed by atoms with Crippen LogP contribution in [0.2, 0.25) is 5.02 Å². The monoisotopic (exact) mass is 574 g/mol. The van der Waals surface area contributed by atoms with Crippen LogP contribution in [0.4, 0.5) is 4.39 Å². The third-order valence-corrected chi connectivity index (χ3v) is 6.68. The lowest BCUT2D eigenvalue weighted by Crippen LogP contribution is -2.38. The Morgan fingerprint density at radius 2 is 2.00 bits per heavy atom. The maximum Gasteiger partial charge on any atom is 0.321 e. The van der Waals surface area contributed by atoms with Gasteiger partial charge in [-0.3, -0.25) is 4.79 Å². The first kappa shape index (κ1) is 26.0. The molecule has 188 valence electrons. The number of nitrogens with one attached hydrogen (secondary N) is 2. The van der Waals surface area contributed by atoms with Gasteiger partial charge in [0.15, 0.2) is 11.5 Å². The lowest BCUT2D eigenvalue weighted by molar-refractivity contribution is -0.139. The van der Waals surface area contributed by atoms with E-state index >= 15 is 0 Å². The highest BCUT2D eigenvalue weighted by molar-refractivity contribution is 9.10. The number of aromatic nitrogens is 1. The summed E-state index contributed by atoms with van der Waals surface area (Å²) in [5.41, 5.74) is 2.94. The molecule has 0 unspecified atom stereocenters. The average Bonchev–Trinajstić information content (AvgIpc) is 3.25. The number of aliphatic carboxylic acids is 1. The molecule has 0 saturated carbocycles. The van der Waals surface area contributed by atoms with E-state index in [2.05, 4.69) is 26.2 Å². The molecule has 0 fully saturated rings. The predicted molar refractivity (Wildman–Crippen MR) is 141 cm³/mol. The zero-order chi connectivity index (χ0) is 25.7. The standard InChI is InChI=1S/C27H25BrClFN2O4/c1-2-35-25-11-16(10-20(28)26(25)36-15-19-21(29)7-5-8-22(19)30)13-31-24(27(33)34)12-17-14-32-23-9-4-3-6-18(17)23/h3-11,14,24,31-32H,2,12-13,15H2,1H3,(H,33,34)/t24-/m0/s1. The third-order valence-electron chi connectivity index (χ3n) is 5.74. The molecular formula is C27H25BrClFN2O4. The van der Waals surface area contributed by atoms with Crippen LogP contribution >= 0.6 is 27.5 Å². The highest BCUT2D eigenvalue weighted by Gasteiger charge is 2.20. The van der Waals surface area contributed by atoms with Gasteiger partial charge in [-0.15, -0.1) is 0 Å². The molecule has 0 spiro atoms. The van der Waals surface area contributed by atoms with E-state index in [1.54, 1.807) is 12.1 Å². The maximum absolute atomic E-state index is 14.2. The molecule has 36 heavy (non-hydrogen) atoms. The molecule has 0 aliphatic rings. The van der Waals surface area contributed by atoms with Gasteiger partial charge in [-0.2, -0.15) is 0 Å². The van der Waals surface area contributed by atoms with Gasteiger partial charge in [0.1, 0.15) is 18.5 Å². The number of aromatic amines is 1. The Hall–Kier alpha value is -3.07. The van der Waals surface area contributed by atoms with E-state index in [9.17, 15) is 14.3 Å². The Morgan fingerprint density at radius 3 is 2.75 bits per heavy atom. The van der Waals surface area contributed by atoms with E-state index in [1.165, 1.54) is 12.1 Å². The quantitative estimate of drug-likeness (QED) is 0.191. The molecule has 0 bridgehead atoms. The number of rotatable bonds is 11. The first-order valence-electron chi connectivity index (χ1n) is 11.4. The molecule has 0 radical (unpaired) electrons. The Balaban J connectivity index is 1.49. The minimum Gasteiger partial charge on any atom is -0.490 e. The number of halogens is 3. The number of H-pyrrole nitrogens is 1. The van der Waals surface area contributed by atoms with Crippen molar-refractivity contribution < 1.29 is 23.8 Å². The van der Waals surface area contributed by atoms with Crippen molar-refractivity contribution in [2.75, 3.05) is 6.61 Å². The molecular weight excluding hydrogens is 551 g/mol. The van der Waals surface area contributed by atoms with Crippen molar-refractivity contribution >= 4 is 44.4 Å². The van der Waals surface area contributed by atoms with Crippen molar-refractivity contribution in [3.63, 3.8) is 0 Å². The molecule has 4 rings (SSSR count). The molecule has 0 saturated heterocycles. The van der Waals surface area contributed by atoms with Gasteiger partial charge < -0.3 is 24.9 Å². The molecule has 9 heteroatoms. The summed E-state index contributed by atoms with van der Waals surface area (Å²) in [4.78, 5) is 15.2. The topological polar surface area (TPSA) is 83.6 Å². The van der Waals surface area contributed by atoms with Crippen LogP contribution in [0.25, 0.3) is 10.9 Å². The predicted octanol–water partition coefficient (Wildman–Crippen LogP) is 6.49. The van der Waals surface area contributed by atoms with Gasteiger partial charge in [0, 0.05) is 35.6 Å². The van der Waals surface area contributed by atoms with Gasteiger partial charge in [-0.25, -0.2) is 4.39 Å². The van der Waals surface area contributed by atoms with Gasteiger partial charge in [-0.1, -0.05) is 35.9 Å². The molecule has 3 N–H and O–H groups in total. The SMILES string of the molecule is CCOc1cc(CN[C@@H](Cc2c[nH]c3ccccc23)C(=O)O)cc(Br)c1OCc1c(F)cccc1Cl. The van der Waals surface area contributed by atoms with Gasteiger partial charge in [0.05, 0.1) is 16.1 Å². The molecule has 6 nitrogen and oxygen atoms in total. The van der Waals surface area contributed by atoms with Crippen LogP contribution in [0.5, 0.6) is 11.5 Å². The van der Waals surface area contributed by atoms with Crippen molar-refractivity contribution in [1.29, 1.82) is 0 Å². The number of carboxylic acids is 1. The van der Waals surface area contributed by atoms with E-state index in [4.69, 9.17) is 21.1 Å². The highest BCUT2D eigenvalue weighted by atomic mass is 79.9. The molecule has 1 aromatic heterocycles. The van der Waals surface area contributed by atoms with Crippen LogP contribution < -0.4 is 14.8 Å². The van der Waals surface area contributed by atoms with Gasteiger partial charge in [0.25, 0.3) is 0 Å². The second kappa shape index (κ2) is 11.8. The Labute approximate surface area is 221 Å². The van der Waals surface area contributed by atoms with Crippen molar-refractivity contribution in [3.05, 3.63) is 92.8 Å². The summed E-state index contributed by atoms with van der Waals surface area (Å²) in [6, 6.07) is 15.1.